The van der Waals surface area contributed by atoms with E-state index in [1.54, 1.807) is 18.4 Å². The summed E-state index contributed by atoms with van der Waals surface area (Å²) in [5.41, 5.74) is 2.17. The van der Waals surface area contributed by atoms with Crippen LogP contribution in [0.15, 0.2) is 40.2 Å². The zero-order valence-electron chi connectivity index (χ0n) is 16.1. The third-order valence-corrected chi connectivity index (χ3v) is 6.19. The molecule has 7 heteroatoms. The van der Waals surface area contributed by atoms with Gasteiger partial charge in [0.1, 0.15) is 5.75 Å². The number of aryl methyl sites for hydroxylation is 1. The van der Waals surface area contributed by atoms with Gasteiger partial charge >= 0.3 is 0 Å². The number of amides is 1. The molecule has 0 bridgehead atoms. The summed E-state index contributed by atoms with van der Waals surface area (Å²) in [6.07, 6.45) is 2.74. The van der Waals surface area contributed by atoms with Gasteiger partial charge in [0, 0.05) is 29.8 Å². The van der Waals surface area contributed by atoms with E-state index in [2.05, 4.69) is 28.5 Å². The third-order valence-electron chi connectivity index (χ3n) is 5.20. The van der Waals surface area contributed by atoms with E-state index >= 15 is 0 Å². The Labute approximate surface area is 168 Å². The van der Waals surface area contributed by atoms with Gasteiger partial charge in [0.05, 0.1) is 13.2 Å². The molecule has 0 saturated heterocycles. The second-order valence-corrected chi connectivity index (χ2v) is 7.91. The van der Waals surface area contributed by atoms with Crippen molar-refractivity contribution in [3.8, 4) is 17.1 Å². The van der Waals surface area contributed by atoms with Crippen molar-refractivity contribution in [2.24, 2.45) is 0 Å². The van der Waals surface area contributed by atoms with Crippen LogP contribution in [0.1, 0.15) is 42.1 Å². The molecule has 0 radical (unpaired) electrons. The fraction of sp³-hybridized carbons (Fsp3) is 0.381. The smallest absolute Gasteiger partial charge is 0.226 e. The molecule has 1 amide bonds. The van der Waals surface area contributed by atoms with Crippen LogP contribution in [-0.4, -0.2) is 34.6 Å². The number of aromatic nitrogens is 2. The first-order valence-electron chi connectivity index (χ1n) is 9.48. The van der Waals surface area contributed by atoms with Crippen LogP contribution in [0.2, 0.25) is 0 Å². The van der Waals surface area contributed by atoms with Crippen molar-refractivity contribution in [1.29, 1.82) is 0 Å². The molecule has 3 heterocycles. The molecular formula is C21H23N3O3S. The monoisotopic (exact) mass is 397 g/mol. The number of carbonyl (C=O) groups excluding carboxylic acids is 1. The Morgan fingerprint density at radius 2 is 2.14 bits per heavy atom. The van der Waals surface area contributed by atoms with E-state index < -0.39 is 0 Å². The Kier molecular flexibility index (Phi) is 5.43. The summed E-state index contributed by atoms with van der Waals surface area (Å²) in [6, 6.07) is 9.82. The summed E-state index contributed by atoms with van der Waals surface area (Å²) in [5.74, 6) is 2.09. The summed E-state index contributed by atoms with van der Waals surface area (Å²) in [4.78, 5) is 20.5. The van der Waals surface area contributed by atoms with Crippen molar-refractivity contribution in [3.05, 3.63) is 52.0 Å². The molecule has 1 atom stereocenters. The maximum atomic E-state index is 12.7. The van der Waals surface area contributed by atoms with Crippen LogP contribution in [0.4, 0.5) is 0 Å². The van der Waals surface area contributed by atoms with Crippen molar-refractivity contribution >= 4 is 17.2 Å². The first-order chi connectivity index (χ1) is 13.7. The molecule has 1 aliphatic heterocycles. The number of hydrogen-bond acceptors (Lipinski definition) is 6. The van der Waals surface area contributed by atoms with Gasteiger partial charge in [-0.05, 0) is 61.0 Å². The van der Waals surface area contributed by atoms with E-state index in [0.29, 0.717) is 31.0 Å². The number of carbonyl (C=O) groups is 1. The molecule has 1 unspecified atom stereocenters. The first-order valence-corrected chi connectivity index (χ1v) is 10.4. The van der Waals surface area contributed by atoms with Gasteiger partial charge in [0.25, 0.3) is 0 Å². The van der Waals surface area contributed by atoms with Crippen molar-refractivity contribution < 1.29 is 14.1 Å². The summed E-state index contributed by atoms with van der Waals surface area (Å²) in [5, 5.41) is 6.16. The Morgan fingerprint density at radius 1 is 1.32 bits per heavy atom. The highest BCUT2D eigenvalue weighted by Crippen LogP contribution is 2.33. The quantitative estimate of drug-likeness (QED) is 0.621. The highest BCUT2D eigenvalue weighted by atomic mass is 32.1. The molecule has 1 aliphatic rings. The molecule has 0 aliphatic carbocycles. The molecule has 2 aromatic heterocycles. The number of methoxy groups -OCH3 is 1. The van der Waals surface area contributed by atoms with Crippen LogP contribution in [0.25, 0.3) is 11.4 Å². The van der Waals surface area contributed by atoms with Gasteiger partial charge in [-0.1, -0.05) is 5.16 Å². The van der Waals surface area contributed by atoms with Crippen LogP contribution in [0.5, 0.6) is 5.75 Å². The van der Waals surface area contributed by atoms with Gasteiger partial charge in [-0.15, -0.1) is 11.3 Å². The first kappa shape index (κ1) is 18.7. The largest absolute Gasteiger partial charge is 0.497 e. The summed E-state index contributed by atoms with van der Waals surface area (Å²) < 4.78 is 10.5. The molecule has 28 heavy (non-hydrogen) atoms. The number of hydrogen-bond donors (Lipinski definition) is 0. The van der Waals surface area contributed by atoms with Crippen molar-refractivity contribution in [1.82, 2.24) is 15.0 Å². The number of fused-ring (bicyclic) bond motifs is 1. The average Bonchev–Trinajstić information content (AvgIpc) is 3.38. The van der Waals surface area contributed by atoms with E-state index in [1.165, 1.54) is 10.4 Å². The van der Waals surface area contributed by atoms with Crippen LogP contribution >= 0.6 is 11.3 Å². The minimum Gasteiger partial charge on any atom is -0.497 e. The highest BCUT2D eigenvalue weighted by molar-refractivity contribution is 7.10. The van der Waals surface area contributed by atoms with E-state index in [4.69, 9.17) is 9.26 Å². The Balaban J connectivity index is 1.31. The van der Waals surface area contributed by atoms with Crippen LogP contribution in [0.3, 0.4) is 0 Å². The van der Waals surface area contributed by atoms with Gasteiger partial charge < -0.3 is 14.2 Å². The maximum Gasteiger partial charge on any atom is 0.226 e. The Bertz CT molecular complexity index is 948. The SMILES string of the molecule is COc1ccc(-c2noc(CCCC(=O)N3CCc4sccc4C3C)n2)cc1. The van der Waals surface area contributed by atoms with Gasteiger partial charge in [0.15, 0.2) is 0 Å². The average molecular weight is 398 g/mol. The molecule has 6 nitrogen and oxygen atoms in total. The number of benzene rings is 1. The zero-order chi connectivity index (χ0) is 19.5. The predicted octanol–water partition coefficient (Wildman–Crippen LogP) is 4.28. The lowest BCUT2D eigenvalue weighted by molar-refractivity contribution is -0.133. The summed E-state index contributed by atoms with van der Waals surface area (Å²) >= 11 is 1.79. The second kappa shape index (κ2) is 8.14. The molecule has 0 saturated carbocycles. The van der Waals surface area contributed by atoms with Crippen molar-refractivity contribution in [2.75, 3.05) is 13.7 Å². The topological polar surface area (TPSA) is 68.5 Å². The number of nitrogens with zero attached hydrogens (tertiary/aromatic N) is 3. The lowest BCUT2D eigenvalue weighted by atomic mass is 10.0. The molecule has 0 N–H and O–H groups in total. The molecule has 1 aromatic carbocycles. The Morgan fingerprint density at radius 3 is 2.93 bits per heavy atom. The molecule has 0 fully saturated rings. The standard InChI is InChI=1S/C21H23N3O3S/c1-14-17-11-13-28-18(17)10-12-24(14)20(25)5-3-4-19-22-21(23-27-19)15-6-8-16(26-2)9-7-15/h6-9,11,13-14H,3-5,10,12H2,1-2H3. The summed E-state index contributed by atoms with van der Waals surface area (Å²) in [6.45, 7) is 2.91. The van der Waals surface area contributed by atoms with Gasteiger partial charge in [-0.2, -0.15) is 4.98 Å². The number of thiophene rings is 1. The van der Waals surface area contributed by atoms with Gasteiger partial charge in [-0.25, -0.2) is 0 Å². The van der Waals surface area contributed by atoms with Crippen LogP contribution < -0.4 is 4.74 Å². The lowest BCUT2D eigenvalue weighted by Gasteiger charge is -2.33. The number of rotatable bonds is 6. The normalized spacial score (nSPS) is 16.1. The highest BCUT2D eigenvalue weighted by Gasteiger charge is 2.27. The van der Waals surface area contributed by atoms with E-state index in [0.717, 1.165) is 24.3 Å². The zero-order valence-corrected chi connectivity index (χ0v) is 16.9. The van der Waals surface area contributed by atoms with E-state index in [1.807, 2.05) is 29.2 Å². The fourth-order valence-electron chi connectivity index (χ4n) is 3.60. The maximum absolute atomic E-state index is 12.7. The molecular weight excluding hydrogens is 374 g/mol. The molecule has 146 valence electrons. The van der Waals surface area contributed by atoms with Gasteiger partial charge in [0.2, 0.25) is 17.6 Å². The number of ether oxygens (including phenoxy) is 1. The van der Waals surface area contributed by atoms with E-state index in [9.17, 15) is 4.79 Å². The van der Waals surface area contributed by atoms with Crippen LogP contribution in [-0.2, 0) is 17.6 Å². The van der Waals surface area contributed by atoms with Crippen LogP contribution in [0, 0.1) is 0 Å². The molecule has 4 rings (SSSR count). The second-order valence-electron chi connectivity index (χ2n) is 6.91. The lowest BCUT2D eigenvalue weighted by Crippen LogP contribution is -2.38. The molecule has 0 spiro atoms. The molecule has 3 aromatic rings. The van der Waals surface area contributed by atoms with Crippen molar-refractivity contribution in [2.45, 2.75) is 38.6 Å². The van der Waals surface area contributed by atoms with Crippen molar-refractivity contribution in [3.63, 3.8) is 0 Å². The Hall–Kier alpha value is -2.67. The predicted molar refractivity (Wildman–Crippen MR) is 107 cm³/mol. The minimum atomic E-state index is 0.160. The minimum absolute atomic E-state index is 0.160. The van der Waals surface area contributed by atoms with E-state index in [-0.39, 0.29) is 11.9 Å². The fourth-order valence-corrected chi connectivity index (χ4v) is 4.56. The van der Waals surface area contributed by atoms with Gasteiger partial charge in [-0.3, -0.25) is 4.79 Å². The third kappa shape index (κ3) is 3.80. The summed E-state index contributed by atoms with van der Waals surface area (Å²) in [7, 11) is 1.63.